The Morgan fingerprint density at radius 2 is 1.46 bits per heavy atom. The molecule has 3 heterocycles. The Kier molecular flexibility index (Phi) is 12.7. The van der Waals surface area contributed by atoms with Crippen LogP contribution in [0.5, 0.6) is 17.4 Å². The monoisotopic (exact) mass is 940 g/mol. The minimum atomic E-state index is -1.07. The third-order valence-corrected chi connectivity index (χ3v) is 13.6. The SMILES string of the molecule is COC(=O)c1ccc(COc2c(-c3c(C)c(F)cc4nn(C(c5ccccc5)(c5ccccc5)c5ccccc5)cc34)c(C3CC3)cc3c(OC4CCCN4C(=O)O)cc(OC[C@H](C)OC)nc23)cc1. The molecular weight excluding hydrogens is 888 g/mol. The molecule has 0 bridgehead atoms. The molecule has 356 valence electrons. The maximum atomic E-state index is 17.1. The highest BCUT2D eigenvalue weighted by molar-refractivity contribution is 6.05. The molecule has 1 N–H and O–H groups in total. The van der Waals surface area contributed by atoms with Crippen molar-refractivity contribution in [2.45, 2.75) is 69.9 Å². The second-order valence-corrected chi connectivity index (χ2v) is 18.0. The van der Waals surface area contributed by atoms with Crippen molar-refractivity contribution in [3.63, 3.8) is 0 Å². The zero-order valence-corrected chi connectivity index (χ0v) is 39.4. The fourth-order valence-electron chi connectivity index (χ4n) is 9.76. The Labute approximate surface area is 405 Å². The molecule has 0 radical (unpaired) electrons. The lowest BCUT2D eigenvalue weighted by molar-refractivity contribution is 0.0575. The number of ether oxygens (including phenoxy) is 5. The summed E-state index contributed by atoms with van der Waals surface area (Å²) in [5.74, 6) is 0.0968. The van der Waals surface area contributed by atoms with Crippen LogP contribution in [0.15, 0.2) is 140 Å². The summed E-state index contributed by atoms with van der Waals surface area (Å²) in [5, 5.41) is 16.8. The predicted molar refractivity (Wildman–Crippen MR) is 264 cm³/mol. The highest BCUT2D eigenvalue weighted by atomic mass is 19.1. The number of nitrogens with zero attached hydrogens (tertiary/aromatic N) is 4. The second kappa shape index (κ2) is 19.3. The van der Waals surface area contributed by atoms with Crippen molar-refractivity contribution in [3.8, 4) is 28.5 Å². The number of carbonyl (C=O) groups excluding carboxylic acids is 1. The van der Waals surface area contributed by atoms with Crippen LogP contribution in [0.4, 0.5) is 9.18 Å². The molecule has 1 aliphatic carbocycles. The summed E-state index contributed by atoms with van der Waals surface area (Å²) in [4.78, 5) is 31.3. The van der Waals surface area contributed by atoms with Gasteiger partial charge < -0.3 is 28.8 Å². The van der Waals surface area contributed by atoms with Gasteiger partial charge in [0.05, 0.1) is 24.3 Å². The van der Waals surface area contributed by atoms with Crippen molar-refractivity contribution < 1.29 is 42.8 Å². The van der Waals surface area contributed by atoms with Gasteiger partial charge in [-0.05, 0) is 90.6 Å². The topological polar surface area (TPSA) is 134 Å². The maximum Gasteiger partial charge on any atom is 0.410 e. The first-order valence-corrected chi connectivity index (χ1v) is 23.6. The average Bonchev–Trinajstić information content (AvgIpc) is 3.99. The number of hydrogen-bond donors (Lipinski definition) is 1. The van der Waals surface area contributed by atoms with E-state index in [-0.39, 0.29) is 31.1 Å². The molecule has 2 aromatic heterocycles. The van der Waals surface area contributed by atoms with Crippen LogP contribution < -0.4 is 14.2 Å². The number of benzene rings is 6. The van der Waals surface area contributed by atoms with Crippen LogP contribution >= 0.6 is 0 Å². The van der Waals surface area contributed by atoms with Crippen LogP contribution in [-0.4, -0.2) is 76.5 Å². The van der Waals surface area contributed by atoms with Crippen LogP contribution in [0.3, 0.4) is 0 Å². The highest BCUT2D eigenvalue weighted by Crippen LogP contribution is 2.54. The minimum Gasteiger partial charge on any atom is -0.486 e. The van der Waals surface area contributed by atoms with E-state index in [0.717, 1.165) is 40.7 Å². The molecule has 0 spiro atoms. The van der Waals surface area contributed by atoms with Crippen molar-refractivity contribution in [1.82, 2.24) is 19.7 Å². The fourth-order valence-corrected chi connectivity index (χ4v) is 9.76. The molecule has 8 aromatic rings. The molecule has 1 aliphatic heterocycles. The van der Waals surface area contributed by atoms with E-state index in [1.807, 2.05) is 78.5 Å². The number of methoxy groups -OCH3 is 2. The van der Waals surface area contributed by atoms with Crippen LogP contribution in [-0.2, 0) is 21.6 Å². The number of fused-ring (bicyclic) bond motifs is 2. The largest absolute Gasteiger partial charge is 0.486 e. The summed E-state index contributed by atoms with van der Waals surface area (Å²) >= 11 is 0. The minimum absolute atomic E-state index is 0.0344. The van der Waals surface area contributed by atoms with E-state index < -0.39 is 29.6 Å². The van der Waals surface area contributed by atoms with Gasteiger partial charge in [0.25, 0.3) is 0 Å². The Bertz CT molecular complexity index is 3100. The second-order valence-electron chi connectivity index (χ2n) is 18.0. The normalized spacial score (nSPS) is 15.3. The summed E-state index contributed by atoms with van der Waals surface area (Å²) in [6, 6.07) is 42.8. The molecule has 13 heteroatoms. The molecule has 1 unspecified atom stereocenters. The van der Waals surface area contributed by atoms with Gasteiger partial charge in [0.15, 0.2) is 12.0 Å². The number of esters is 1. The van der Waals surface area contributed by atoms with Gasteiger partial charge in [-0.25, -0.2) is 19.0 Å². The van der Waals surface area contributed by atoms with Gasteiger partial charge in [-0.1, -0.05) is 103 Å². The number of rotatable bonds is 16. The number of halogens is 1. The molecule has 2 fully saturated rings. The van der Waals surface area contributed by atoms with E-state index in [9.17, 15) is 14.7 Å². The van der Waals surface area contributed by atoms with E-state index >= 15 is 4.39 Å². The Morgan fingerprint density at radius 1 is 0.814 bits per heavy atom. The van der Waals surface area contributed by atoms with Crippen LogP contribution in [0.25, 0.3) is 32.9 Å². The van der Waals surface area contributed by atoms with E-state index in [0.29, 0.717) is 74.9 Å². The van der Waals surface area contributed by atoms with Gasteiger partial charge in [0.1, 0.15) is 35.8 Å². The molecule has 6 aromatic carbocycles. The molecular formula is C57H53FN4O8. The number of carboxylic acid groups (broad SMARTS) is 1. The lowest BCUT2D eigenvalue weighted by atomic mass is 9.77. The highest BCUT2D eigenvalue weighted by Gasteiger charge is 2.41. The lowest BCUT2D eigenvalue weighted by Crippen LogP contribution is -2.38. The third-order valence-electron chi connectivity index (χ3n) is 13.6. The number of likely N-dealkylation sites (tertiary alicyclic amines) is 1. The molecule has 70 heavy (non-hydrogen) atoms. The van der Waals surface area contributed by atoms with Crippen LogP contribution in [0.2, 0.25) is 0 Å². The van der Waals surface area contributed by atoms with Gasteiger partial charge in [-0.2, -0.15) is 5.10 Å². The summed E-state index contributed by atoms with van der Waals surface area (Å²) < 4.78 is 49.6. The Hall–Kier alpha value is -7.77. The van der Waals surface area contributed by atoms with Crippen LogP contribution in [0.1, 0.15) is 82.3 Å². The quantitative estimate of drug-likeness (QED) is 0.0737. The van der Waals surface area contributed by atoms with E-state index in [4.69, 9.17) is 33.8 Å². The first-order chi connectivity index (χ1) is 34.1. The number of amides is 1. The molecule has 12 nitrogen and oxygen atoms in total. The average molecular weight is 941 g/mol. The maximum absolute atomic E-state index is 17.1. The van der Waals surface area contributed by atoms with Crippen molar-refractivity contribution in [2.24, 2.45) is 0 Å². The zero-order chi connectivity index (χ0) is 48.5. The molecule has 1 saturated heterocycles. The predicted octanol–water partition coefficient (Wildman–Crippen LogP) is 11.7. The van der Waals surface area contributed by atoms with Gasteiger partial charge in [0.2, 0.25) is 5.88 Å². The summed E-state index contributed by atoms with van der Waals surface area (Å²) in [6.45, 7) is 4.18. The van der Waals surface area contributed by atoms with Gasteiger partial charge in [-0.15, -0.1) is 0 Å². The van der Waals surface area contributed by atoms with E-state index in [1.54, 1.807) is 44.4 Å². The van der Waals surface area contributed by atoms with E-state index in [2.05, 4.69) is 36.4 Å². The Balaban J connectivity index is 1.26. The van der Waals surface area contributed by atoms with Gasteiger partial charge >= 0.3 is 12.1 Å². The van der Waals surface area contributed by atoms with E-state index in [1.165, 1.54) is 18.1 Å². The first kappa shape index (κ1) is 46.0. The van der Waals surface area contributed by atoms with Crippen molar-refractivity contribution in [1.29, 1.82) is 0 Å². The number of carbonyl (C=O) groups is 2. The molecule has 2 atom stereocenters. The summed E-state index contributed by atoms with van der Waals surface area (Å²) in [5.41, 5.74) is 6.38. The molecule has 10 rings (SSSR count). The smallest absolute Gasteiger partial charge is 0.410 e. The van der Waals surface area contributed by atoms with Gasteiger partial charge in [0, 0.05) is 60.3 Å². The number of pyridine rings is 1. The molecule has 2 aliphatic rings. The van der Waals surface area contributed by atoms with Crippen LogP contribution in [0, 0.1) is 12.7 Å². The van der Waals surface area contributed by atoms with Crippen molar-refractivity contribution >= 4 is 33.9 Å². The van der Waals surface area contributed by atoms with Crippen molar-refractivity contribution in [2.75, 3.05) is 27.4 Å². The fraction of sp³-hybridized carbons (Fsp3) is 0.263. The molecule has 1 saturated carbocycles. The number of hydrogen-bond acceptors (Lipinski definition) is 9. The first-order valence-electron chi connectivity index (χ1n) is 23.6. The Morgan fingerprint density at radius 3 is 2.04 bits per heavy atom. The zero-order valence-electron chi connectivity index (χ0n) is 39.4. The van der Waals surface area contributed by atoms with Gasteiger partial charge in [-0.3, -0.25) is 9.58 Å². The standard InChI is InChI=1S/C57H53FN4O8/c1-35(66-3)33-68-49-31-48(70-50-21-14-28-61(50)56(64)65)44-29-43(38-26-27-38)52(54(53(44)59-49)69-34-37-22-24-39(25-23-37)55(63)67-4)51-36(2)46(58)30-47-45(51)32-62(60-47)57(40-15-8-5-9-16-40,41-17-10-6-11-18-41)42-19-12-7-13-20-42/h5-13,15-20,22-25,29-32,35,38,50H,14,21,26-28,33-34H2,1-4H3,(H,64,65)/t35-,50?/m0/s1. The summed E-state index contributed by atoms with van der Waals surface area (Å²) in [7, 11) is 2.93. The third kappa shape index (κ3) is 8.55. The van der Waals surface area contributed by atoms with Crippen molar-refractivity contribution in [3.05, 3.63) is 184 Å². The summed E-state index contributed by atoms with van der Waals surface area (Å²) in [6.07, 6.45) is 2.78. The lowest BCUT2D eigenvalue weighted by Gasteiger charge is -2.36. The molecule has 1 amide bonds. The number of aromatic nitrogens is 3.